The van der Waals surface area contributed by atoms with Crippen LogP contribution in [0.5, 0.6) is 0 Å². The van der Waals surface area contributed by atoms with Gasteiger partial charge in [0.2, 0.25) is 0 Å². The van der Waals surface area contributed by atoms with E-state index in [9.17, 15) is 9.59 Å². The minimum atomic E-state index is -0.488. The Morgan fingerprint density at radius 3 is 2.87 bits per heavy atom. The summed E-state index contributed by atoms with van der Waals surface area (Å²) < 4.78 is 6.66. The number of hydrogen-bond acceptors (Lipinski definition) is 6. The molecule has 1 amide bonds. The summed E-state index contributed by atoms with van der Waals surface area (Å²) in [5.41, 5.74) is -0.283. The molecule has 2 aromatic heterocycles. The lowest BCUT2D eigenvalue weighted by Gasteiger charge is -2.27. The fraction of sp³-hybridized carbons (Fsp3) is 0.333. The second-order valence-electron chi connectivity index (χ2n) is 5.15. The van der Waals surface area contributed by atoms with Gasteiger partial charge in [-0.1, -0.05) is 0 Å². The average Bonchev–Trinajstić information content (AvgIpc) is 2.58. The molecular weight excluding hydrogens is 298 g/mol. The summed E-state index contributed by atoms with van der Waals surface area (Å²) in [5.74, 6) is 0.592. The first kappa shape index (κ1) is 15.2. The first-order valence-electron chi connectivity index (χ1n) is 7.27. The van der Waals surface area contributed by atoms with Gasteiger partial charge in [-0.05, 0) is 12.1 Å². The Labute approximate surface area is 132 Å². The van der Waals surface area contributed by atoms with Crippen LogP contribution >= 0.6 is 0 Å². The van der Waals surface area contributed by atoms with E-state index in [1.165, 1.54) is 17.0 Å². The van der Waals surface area contributed by atoms with Crippen LogP contribution in [0.25, 0.3) is 0 Å². The second-order valence-corrected chi connectivity index (χ2v) is 5.15. The van der Waals surface area contributed by atoms with Crippen LogP contribution in [0, 0.1) is 0 Å². The Balaban J connectivity index is 1.78. The van der Waals surface area contributed by atoms with E-state index in [1.807, 2.05) is 0 Å². The van der Waals surface area contributed by atoms with Crippen molar-refractivity contribution in [3.8, 4) is 0 Å². The highest BCUT2D eigenvalue weighted by Gasteiger charge is 2.15. The van der Waals surface area contributed by atoms with Gasteiger partial charge < -0.3 is 19.5 Å². The Kier molecular flexibility index (Phi) is 4.33. The summed E-state index contributed by atoms with van der Waals surface area (Å²) >= 11 is 0. The molecule has 1 aliphatic rings. The molecule has 23 heavy (non-hydrogen) atoms. The first-order chi connectivity index (χ1) is 11.1. The number of anilines is 2. The quantitative estimate of drug-likeness (QED) is 0.874. The van der Waals surface area contributed by atoms with Crippen LogP contribution in [0.4, 0.5) is 11.6 Å². The fourth-order valence-electron chi connectivity index (χ4n) is 2.33. The van der Waals surface area contributed by atoms with Crippen LogP contribution in [-0.4, -0.2) is 46.7 Å². The molecule has 0 aliphatic carbocycles. The number of nitrogens with zero attached hydrogens (tertiary/aromatic N) is 4. The predicted octanol–water partition coefficient (Wildman–Crippen LogP) is 0.264. The smallest absolute Gasteiger partial charge is 0.263 e. The lowest BCUT2D eigenvalue weighted by atomic mass is 10.2. The number of rotatable bonds is 3. The molecule has 1 fully saturated rings. The maximum atomic E-state index is 12.3. The Morgan fingerprint density at radius 1 is 1.30 bits per heavy atom. The highest BCUT2D eigenvalue weighted by molar-refractivity contribution is 6.03. The van der Waals surface area contributed by atoms with Crippen molar-refractivity contribution in [1.29, 1.82) is 0 Å². The number of amides is 1. The maximum absolute atomic E-state index is 12.3. The van der Waals surface area contributed by atoms with E-state index in [-0.39, 0.29) is 11.1 Å². The van der Waals surface area contributed by atoms with Crippen LogP contribution < -0.4 is 15.8 Å². The topological polar surface area (TPSA) is 89.3 Å². The van der Waals surface area contributed by atoms with E-state index < -0.39 is 5.91 Å². The Bertz CT molecular complexity index is 768. The van der Waals surface area contributed by atoms with Crippen molar-refractivity contribution in [1.82, 2.24) is 14.5 Å². The molecule has 1 aliphatic heterocycles. The number of carbonyl (C=O) groups excluding carboxylic acids is 1. The maximum Gasteiger partial charge on any atom is 0.263 e. The zero-order chi connectivity index (χ0) is 16.2. The van der Waals surface area contributed by atoms with Gasteiger partial charge >= 0.3 is 0 Å². The molecule has 8 nitrogen and oxygen atoms in total. The minimum absolute atomic E-state index is 0.0709. The highest BCUT2D eigenvalue weighted by atomic mass is 16.5. The van der Waals surface area contributed by atoms with Crippen molar-refractivity contribution >= 4 is 17.5 Å². The van der Waals surface area contributed by atoms with Crippen LogP contribution in [0.3, 0.4) is 0 Å². The van der Waals surface area contributed by atoms with Crippen molar-refractivity contribution < 1.29 is 9.53 Å². The monoisotopic (exact) mass is 315 g/mol. The lowest BCUT2D eigenvalue weighted by molar-refractivity contribution is 0.102. The van der Waals surface area contributed by atoms with Crippen molar-refractivity contribution in [2.45, 2.75) is 0 Å². The molecule has 0 saturated carbocycles. The largest absolute Gasteiger partial charge is 0.378 e. The molecule has 3 heterocycles. The van der Waals surface area contributed by atoms with Crippen LogP contribution in [0.15, 0.2) is 35.5 Å². The number of pyridine rings is 1. The third-order valence-corrected chi connectivity index (χ3v) is 3.60. The number of morpholine rings is 1. The molecule has 0 radical (unpaired) electrons. The standard InChI is InChI=1S/C15H17N5O3/c1-19-4-2-3-11(15(19)22)14(21)18-12-9-13(17-10-16-12)20-5-7-23-8-6-20/h2-4,9-10H,5-8H2,1H3,(H,16,17,18,21). The third-order valence-electron chi connectivity index (χ3n) is 3.60. The zero-order valence-electron chi connectivity index (χ0n) is 12.7. The molecule has 0 atom stereocenters. The summed E-state index contributed by atoms with van der Waals surface area (Å²) in [6.07, 6.45) is 2.99. The lowest BCUT2D eigenvalue weighted by Crippen LogP contribution is -2.36. The van der Waals surface area contributed by atoms with Gasteiger partial charge in [0, 0.05) is 32.4 Å². The molecule has 3 rings (SSSR count). The van der Waals surface area contributed by atoms with Crippen LogP contribution in [0.1, 0.15) is 10.4 Å². The zero-order valence-corrected chi connectivity index (χ0v) is 12.7. The predicted molar refractivity (Wildman–Crippen MR) is 84.7 cm³/mol. The van der Waals surface area contributed by atoms with Gasteiger partial charge in [-0.2, -0.15) is 0 Å². The normalized spacial score (nSPS) is 14.6. The van der Waals surface area contributed by atoms with E-state index in [2.05, 4.69) is 20.2 Å². The summed E-state index contributed by atoms with van der Waals surface area (Å²) in [5, 5.41) is 2.64. The van der Waals surface area contributed by atoms with Gasteiger partial charge in [0.25, 0.3) is 11.5 Å². The number of nitrogens with one attached hydrogen (secondary N) is 1. The van der Waals surface area contributed by atoms with E-state index in [4.69, 9.17) is 4.74 Å². The van der Waals surface area contributed by atoms with Gasteiger partial charge in [-0.3, -0.25) is 9.59 Å². The molecule has 8 heteroatoms. The molecule has 0 unspecified atom stereocenters. The molecule has 0 bridgehead atoms. The van der Waals surface area contributed by atoms with E-state index in [1.54, 1.807) is 25.4 Å². The van der Waals surface area contributed by atoms with Gasteiger partial charge in [0.1, 0.15) is 23.5 Å². The summed E-state index contributed by atoms with van der Waals surface area (Å²) in [7, 11) is 1.60. The van der Waals surface area contributed by atoms with E-state index in [0.29, 0.717) is 19.0 Å². The van der Waals surface area contributed by atoms with Gasteiger partial charge in [0.15, 0.2) is 0 Å². The summed E-state index contributed by atoms with van der Waals surface area (Å²) in [4.78, 5) is 34.5. The number of aryl methyl sites for hydroxylation is 1. The minimum Gasteiger partial charge on any atom is -0.378 e. The Hall–Kier alpha value is -2.74. The fourth-order valence-corrected chi connectivity index (χ4v) is 2.33. The number of ether oxygens (including phenoxy) is 1. The molecule has 0 aromatic carbocycles. The van der Waals surface area contributed by atoms with E-state index in [0.717, 1.165) is 18.9 Å². The summed E-state index contributed by atoms with van der Waals surface area (Å²) in [6.45, 7) is 2.77. The van der Waals surface area contributed by atoms with Crippen LogP contribution in [0.2, 0.25) is 0 Å². The summed E-state index contributed by atoms with van der Waals surface area (Å²) in [6, 6.07) is 4.83. The molecular formula is C15H17N5O3. The van der Waals surface area contributed by atoms with Gasteiger partial charge in [0.05, 0.1) is 13.2 Å². The van der Waals surface area contributed by atoms with Crippen LogP contribution in [-0.2, 0) is 11.8 Å². The van der Waals surface area contributed by atoms with Crippen molar-refractivity contribution in [2.24, 2.45) is 7.05 Å². The van der Waals surface area contributed by atoms with Gasteiger partial charge in [-0.15, -0.1) is 0 Å². The average molecular weight is 315 g/mol. The SMILES string of the molecule is Cn1cccc(C(=O)Nc2cc(N3CCOCC3)ncn2)c1=O. The molecule has 1 N–H and O–H groups in total. The molecule has 1 saturated heterocycles. The second kappa shape index (κ2) is 6.57. The highest BCUT2D eigenvalue weighted by Crippen LogP contribution is 2.15. The van der Waals surface area contributed by atoms with Crippen molar-refractivity contribution in [2.75, 3.05) is 36.5 Å². The van der Waals surface area contributed by atoms with Crippen molar-refractivity contribution in [3.63, 3.8) is 0 Å². The number of hydrogen-bond donors (Lipinski definition) is 1. The van der Waals surface area contributed by atoms with Crippen molar-refractivity contribution in [3.05, 3.63) is 46.6 Å². The first-order valence-corrected chi connectivity index (χ1v) is 7.27. The molecule has 120 valence electrons. The van der Waals surface area contributed by atoms with Gasteiger partial charge in [-0.25, -0.2) is 9.97 Å². The van der Waals surface area contributed by atoms with E-state index >= 15 is 0 Å². The molecule has 0 spiro atoms. The number of carbonyl (C=O) groups is 1. The number of aromatic nitrogens is 3. The third kappa shape index (κ3) is 3.37. The Morgan fingerprint density at radius 2 is 2.09 bits per heavy atom. The molecule has 2 aromatic rings.